The third-order valence-electron chi connectivity index (χ3n) is 7.18. The van der Waals surface area contributed by atoms with Gasteiger partial charge in [0.2, 0.25) is 0 Å². The van der Waals surface area contributed by atoms with E-state index in [1.54, 1.807) is 37.3 Å². The zero-order valence-corrected chi connectivity index (χ0v) is 23.0. The highest BCUT2D eigenvalue weighted by Crippen LogP contribution is 2.31. The number of halogens is 1. The molecule has 204 valence electrons. The van der Waals surface area contributed by atoms with Gasteiger partial charge in [0, 0.05) is 44.0 Å². The summed E-state index contributed by atoms with van der Waals surface area (Å²) in [6.07, 6.45) is 1.72. The molecule has 4 heterocycles. The summed E-state index contributed by atoms with van der Waals surface area (Å²) < 4.78 is 21.9. The molecule has 2 aliphatic rings. The quantitative estimate of drug-likeness (QED) is 0.407. The molecule has 1 amide bonds. The second kappa shape index (κ2) is 10.7. The molecule has 2 aromatic carbocycles. The number of rotatable bonds is 5. The van der Waals surface area contributed by atoms with Crippen LogP contribution in [0.25, 0.3) is 6.08 Å². The van der Waals surface area contributed by atoms with Crippen LogP contribution in [0.5, 0.6) is 0 Å². The lowest BCUT2D eigenvalue weighted by atomic mass is 9.95. The van der Waals surface area contributed by atoms with Crippen LogP contribution in [0.3, 0.4) is 0 Å². The van der Waals surface area contributed by atoms with Gasteiger partial charge in [-0.2, -0.15) is 0 Å². The molecule has 10 heteroatoms. The van der Waals surface area contributed by atoms with Gasteiger partial charge in [-0.25, -0.2) is 9.38 Å². The summed E-state index contributed by atoms with van der Waals surface area (Å²) in [7, 11) is 2.10. The number of nitrogens with zero attached hydrogens (tertiary/aromatic N) is 4. The first kappa shape index (κ1) is 26.0. The number of allylic oxidation sites excluding steroid dienone is 1. The van der Waals surface area contributed by atoms with Crippen LogP contribution in [0.15, 0.2) is 92.2 Å². The molecule has 1 unspecified atom stereocenters. The van der Waals surface area contributed by atoms with Crippen LogP contribution < -0.4 is 25.1 Å². The fourth-order valence-electron chi connectivity index (χ4n) is 5.04. The van der Waals surface area contributed by atoms with Crippen LogP contribution >= 0.6 is 11.3 Å². The van der Waals surface area contributed by atoms with Crippen molar-refractivity contribution in [1.82, 2.24) is 9.47 Å². The number of hydrogen-bond donors (Lipinski definition) is 1. The largest absolute Gasteiger partial charge is 0.441 e. The lowest BCUT2D eigenvalue weighted by Gasteiger charge is -2.32. The first-order valence-corrected chi connectivity index (χ1v) is 13.9. The van der Waals surface area contributed by atoms with Crippen LogP contribution in [0, 0.1) is 5.82 Å². The van der Waals surface area contributed by atoms with Gasteiger partial charge >= 0.3 is 0 Å². The van der Waals surface area contributed by atoms with Crippen molar-refractivity contribution in [2.75, 3.05) is 43.4 Å². The Bertz CT molecular complexity index is 1760. The predicted octanol–water partition coefficient (Wildman–Crippen LogP) is 3.36. The molecular formula is C30H28FN5O3S. The third kappa shape index (κ3) is 5.03. The Hall–Kier alpha value is -4.28. The molecule has 1 fully saturated rings. The number of thiazole rings is 1. The number of benzene rings is 2. The zero-order valence-electron chi connectivity index (χ0n) is 22.1. The van der Waals surface area contributed by atoms with Crippen molar-refractivity contribution in [1.29, 1.82) is 0 Å². The number of piperazine rings is 1. The molecule has 0 aliphatic carbocycles. The molecule has 6 rings (SSSR count). The summed E-state index contributed by atoms with van der Waals surface area (Å²) in [5.41, 5.74) is 1.75. The molecule has 4 aromatic rings. The van der Waals surface area contributed by atoms with E-state index < -0.39 is 11.9 Å². The van der Waals surface area contributed by atoms with Gasteiger partial charge in [0.25, 0.3) is 11.5 Å². The minimum atomic E-state index is -0.778. The van der Waals surface area contributed by atoms with E-state index in [2.05, 4.69) is 27.2 Å². The molecule has 0 saturated carbocycles. The summed E-state index contributed by atoms with van der Waals surface area (Å²) >= 11 is 1.23. The topological polar surface area (TPSA) is 83.1 Å². The standard InChI is InChI=1S/C30H28FN5O3S/c1-19-26(28(37)33-22-6-4-3-5-7-22)27(20-8-10-21(31)11-9-20)36-29(38)24(40-30(36)32-19)18-23-12-13-25(39-23)35-16-14-34(2)15-17-35/h3-13,18,27H,14-17H2,1-2H3,(H,33,37). The van der Waals surface area contributed by atoms with E-state index >= 15 is 0 Å². The van der Waals surface area contributed by atoms with Crippen molar-refractivity contribution in [3.05, 3.63) is 115 Å². The Morgan fingerprint density at radius 1 is 1.05 bits per heavy atom. The Labute approximate surface area is 234 Å². The van der Waals surface area contributed by atoms with E-state index in [-0.39, 0.29) is 11.5 Å². The smallest absolute Gasteiger partial charge is 0.271 e. The van der Waals surface area contributed by atoms with Gasteiger partial charge in [0.15, 0.2) is 10.7 Å². The molecule has 2 aromatic heterocycles. The minimum Gasteiger partial charge on any atom is -0.441 e. The number of nitrogens with one attached hydrogen (secondary N) is 1. The average Bonchev–Trinajstić information content (AvgIpc) is 3.53. The Balaban J connectivity index is 1.41. The van der Waals surface area contributed by atoms with Crippen molar-refractivity contribution in [2.24, 2.45) is 4.99 Å². The summed E-state index contributed by atoms with van der Waals surface area (Å²) in [4.78, 5) is 37.0. The van der Waals surface area contributed by atoms with E-state index in [9.17, 15) is 14.0 Å². The lowest BCUT2D eigenvalue weighted by molar-refractivity contribution is -0.113. The van der Waals surface area contributed by atoms with Gasteiger partial charge in [-0.05, 0) is 49.9 Å². The molecular weight excluding hydrogens is 529 g/mol. The minimum absolute atomic E-state index is 0.298. The van der Waals surface area contributed by atoms with Gasteiger partial charge in [-0.3, -0.25) is 14.2 Å². The zero-order chi connectivity index (χ0) is 27.8. The number of carbonyl (C=O) groups excluding carboxylic acids is 1. The number of furan rings is 1. The molecule has 0 spiro atoms. The number of aromatic nitrogens is 1. The summed E-state index contributed by atoms with van der Waals surface area (Å²) in [6.45, 7) is 5.41. The Morgan fingerprint density at radius 2 is 1.77 bits per heavy atom. The first-order valence-electron chi connectivity index (χ1n) is 13.0. The first-order chi connectivity index (χ1) is 19.4. The van der Waals surface area contributed by atoms with Crippen LogP contribution in [0.4, 0.5) is 16.0 Å². The maximum absolute atomic E-state index is 13.9. The molecule has 1 atom stereocenters. The highest BCUT2D eigenvalue weighted by atomic mass is 32.1. The van der Waals surface area contributed by atoms with Crippen LogP contribution in [0.1, 0.15) is 24.3 Å². The van der Waals surface area contributed by atoms with Crippen molar-refractivity contribution >= 4 is 34.9 Å². The third-order valence-corrected chi connectivity index (χ3v) is 8.17. The lowest BCUT2D eigenvalue weighted by Crippen LogP contribution is -2.44. The fourth-order valence-corrected chi connectivity index (χ4v) is 6.06. The molecule has 1 saturated heterocycles. The monoisotopic (exact) mass is 557 g/mol. The maximum Gasteiger partial charge on any atom is 0.271 e. The van der Waals surface area contributed by atoms with Crippen LogP contribution in [0.2, 0.25) is 0 Å². The number of anilines is 2. The van der Waals surface area contributed by atoms with E-state index in [1.165, 1.54) is 28.0 Å². The fraction of sp³-hybridized carbons (Fsp3) is 0.233. The number of hydrogen-bond acceptors (Lipinski definition) is 7. The number of fused-ring (bicyclic) bond motifs is 1. The average molecular weight is 558 g/mol. The maximum atomic E-state index is 13.9. The number of carbonyl (C=O) groups is 1. The van der Waals surface area contributed by atoms with Gasteiger partial charge in [0.05, 0.1) is 21.8 Å². The molecule has 1 N–H and O–H groups in total. The highest BCUT2D eigenvalue weighted by Gasteiger charge is 2.32. The van der Waals surface area contributed by atoms with Crippen molar-refractivity contribution in [3.8, 4) is 0 Å². The van der Waals surface area contributed by atoms with Gasteiger partial charge in [0.1, 0.15) is 11.6 Å². The second-order valence-electron chi connectivity index (χ2n) is 9.92. The highest BCUT2D eigenvalue weighted by molar-refractivity contribution is 7.07. The summed E-state index contributed by atoms with van der Waals surface area (Å²) in [6, 6.07) is 17.9. The van der Waals surface area contributed by atoms with Crippen molar-refractivity contribution in [2.45, 2.75) is 13.0 Å². The van der Waals surface area contributed by atoms with E-state index in [1.807, 2.05) is 30.3 Å². The van der Waals surface area contributed by atoms with E-state index in [0.717, 1.165) is 32.1 Å². The van der Waals surface area contributed by atoms with Crippen LogP contribution in [-0.4, -0.2) is 48.6 Å². The van der Waals surface area contributed by atoms with Gasteiger partial charge in [-0.15, -0.1) is 0 Å². The summed E-state index contributed by atoms with van der Waals surface area (Å²) in [5.74, 6) is 0.558. The number of likely N-dealkylation sites (N-methyl/N-ethyl adjacent to an activating group) is 1. The van der Waals surface area contributed by atoms with Crippen LogP contribution in [-0.2, 0) is 4.79 Å². The second-order valence-corrected chi connectivity index (χ2v) is 10.9. The predicted molar refractivity (Wildman–Crippen MR) is 154 cm³/mol. The summed E-state index contributed by atoms with van der Waals surface area (Å²) in [5, 5.41) is 2.91. The van der Waals surface area contributed by atoms with Crippen molar-refractivity contribution < 1.29 is 13.6 Å². The molecule has 8 nitrogen and oxygen atoms in total. The number of amides is 1. The van der Waals surface area contributed by atoms with E-state index in [4.69, 9.17) is 4.42 Å². The molecule has 2 aliphatic heterocycles. The normalized spacial score (nSPS) is 18.0. The Kier molecular flexibility index (Phi) is 6.95. The van der Waals surface area contributed by atoms with Gasteiger partial charge < -0.3 is 19.5 Å². The molecule has 40 heavy (non-hydrogen) atoms. The van der Waals surface area contributed by atoms with Crippen molar-refractivity contribution in [3.63, 3.8) is 0 Å². The SMILES string of the molecule is CC1=C(C(=O)Nc2ccccc2)C(c2ccc(F)cc2)n2c(sc(=Cc3ccc(N4CCN(C)CC4)o3)c2=O)=N1. The van der Waals surface area contributed by atoms with Gasteiger partial charge in [-0.1, -0.05) is 41.7 Å². The van der Waals surface area contributed by atoms with E-state index in [0.29, 0.717) is 37.6 Å². The Morgan fingerprint density at radius 3 is 2.50 bits per heavy atom. The number of para-hydroxylation sites is 1. The molecule has 0 bridgehead atoms. The molecule has 0 radical (unpaired) electrons.